The second kappa shape index (κ2) is 12.9. The maximum atomic E-state index is 12.7. The molecule has 5 nitrogen and oxygen atoms in total. The first-order chi connectivity index (χ1) is 15.2. The lowest BCUT2D eigenvalue weighted by Crippen LogP contribution is -2.05. The third kappa shape index (κ3) is 6.68. The summed E-state index contributed by atoms with van der Waals surface area (Å²) >= 11 is 0. The summed E-state index contributed by atoms with van der Waals surface area (Å²) in [5.74, 6) is 0.733. The summed E-state index contributed by atoms with van der Waals surface area (Å²) in [6.45, 7) is 4.34. The number of benzene rings is 2. The Balaban J connectivity index is 0.00000166. The average molecular weight is 427 g/mol. The van der Waals surface area contributed by atoms with Gasteiger partial charge in [0.05, 0.1) is 12.7 Å². The third-order valence-electron chi connectivity index (χ3n) is 5.10. The van der Waals surface area contributed by atoms with Crippen LogP contribution in [0.3, 0.4) is 0 Å². The standard InChI is InChI=1S/C24H28O5.C2H6/c1-28-21-10-8-18(9-11-21)22-16-20-15-17(6-2-4-12-25)14-19(7-3-5-13-26)23(20)29-24(22)27;1-2/h8-11,14-16,25-26H,2-7,12-13H2,1H3;1-2H3. The van der Waals surface area contributed by atoms with Gasteiger partial charge in [0.2, 0.25) is 0 Å². The fraction of sp³-hybridized carbons (Fsp3) is 0.423. The predicted molar refractivity (Wildman–Crippen MR) is 126 cm³/mol. The van der Waals surface area contributed by atoms with E-state index >= 15 is 0 Å². The summed E-state index contributed by atoms with van der Waals surface area (Å²) in [5.41, 5.74) is 3.73. The van der Waals surface area contributed by atoms with Crippen molar-refractivity contribution in [1.82, 2.24) is 0 Å². The van der Waals surface area contributed by atoms with Crippen LogP contribution in [0.5, 0.6) is 5.75 Å². The molecule has 0 atom stereocenters. The first-order valence-electron chi connectivity index (χ1n) is 11.1. The van der Waals surface area contributed by atoms with Crippen LogP contribution < -0.4 is 10.4 Å². The van der Waals surface area contributed by atoms with Gasteiger partial charge in [-0.05, 0) is 79.5 Å². The van der Waals surface area contributed by atoms with E-state index in [2.05, 4.69) is 12.1 Å². The van der Waals surface area contributed by atoms with Crippen LogP contribution in [0.1, 0.15) is 50.7 Å². The molecule has 1 aromatic heterocycles. The maximum Gasteiger partial charge on any atom is 0.344 e. The Hall–Kier alpha value is -2.63. The molecule has 0 saturated carbocycles. The van der Waals surface area contributed by atoms with Gasteiger partial charge in [-0.15, -0.1) is 0 Å². The van der Waals surface area contributed by atoms with E-state index in [4.69, 9.17) is 19.4 Å². The maximum absolute atomic E-state index is 12.7. The van der Waals surface area contributed by atoms with Gasteiger partial charge in [0, 0.05) is 18.6 Å². The zero-order valence-electron chi connectivity index (χ0n) is 18.8. The van der Waals surface area contributed by atoms with Crippen LogP contribution in [-0.4, -0.2) is 30.5 Å². The van der Waals surface area contributed by atoms with E-state index < -0.39 is 0 Å². The average Bonchev–Trinajstić information content (AvgIpc) is 2.81. The highest BCUT2D eigenvalue weighted by Crippen LogP contribution is 2.27. The number of rotatable bonds is 10. The predicted octanol–water partition coefficient (Wildman–Crippen LogP) is 5.12. The fourth-order valence-electron chi connectivity index (χ4n) is 3.55. The SMILES string of the molecule is CC.COc1ccc(-c2cc3cc(CCCCO)cc(CCCCO)c3oc2=O)cc1. The number of fused-ring (bicyclic) bond motifs is 1. The van der Waals surface area contributed by atoms with E-state index in [9.17, 15) is 4.79 Å². The molecule has 0 aliphatic carbocycles. The van der Waals surface area contributed by atoms with E-state index in [1.54, 1.807) is 7.11 Å². The van der Waals surface area contributed by atoms with Gasteiger partial charge in [-0.25, -0.2) is 4.79 Å². The van der Waals surface area contributed by atoms with Crippen molar-refractivity contribution >= 4 is 11.0 Å². The molecular formula is C26H34O5. The van der Waals surface area contributed by atoms with Gasteiger partial charge in [-0.1, -0.05) is 32.0 Å². The van der Waals surface area contributed by atoms with Crippen molar-refractivity contribution in [2.75, 3.05) is 20.3 Å². The smallest absolute Gasteiger partial charge is 0.344 e. The molecule has 0 saturated heterocycles. The Morgan fingerprint density at radius 1 is 0.871 bits per heavy atom. The molecule has 3 aromatic rings. The highest BCUT2D eigenvalue weighted by atomic mass is 16.5. The van der Waals surface area contributed by atoms with Crippen LogP contribution in [0.4, 0.5) is 0 Å². The van der Waals surface area contributed by atoms with Crippen LogP contribution in [0.15, 0.2) is 51.7 Å². The van der Waals surface area contributed by atoms with Crippen molar-refractivity contribution in [3.63, 3.8) is 0 Å². The normalized spacial score (nSPS) is 10.6. The zero-order chi connectivity index (χ0) is 22.6. The second-order valence-corrected chi connectivity index (χ2v) is 7.21. The van der Waals surface area contributed by atoms with Gasteiger partial charge >= 0.3 is 5.63 Å². The monoisotopic (exact) mass is 426 g/mol. The van der Waals surface area contributed by atoms with E-state index in [0.29, 0.717) is 17.6 Å². The molecule has 0 bridgehead atoms. The zero-order valence-corrected chi connectivity index (χ0v) is 18.8. The van der Waals surface area contributed by atoms with Gasteiger partial charge in [0.25, 0.3) is 0 Å². The molecule has 0 spiro atoms. The van der Waals surface area contributed by atoms with Crippen molar-refractivity contribution in [3.8, 4) is 16.9 Å². The van der Waals surface area contributed by atoms with E-state index in [1.807, 2.05) is 44.2 Å². The molecular weight excluding hydrogens is 392 g/mol. The molecule has 31 heavy (non-hydrogen) atoms. The lowest BCUT2D eigenvalue weighted by Gasteiger charge is -2.11. The summed E-state index contributed by atoms with van der Waals surface area (Å²) in [4.78, 5) is 12.7. The fourth-order valence-corrected chi connectivity index (χ4v) is 3.55. The van der Waals surface area contributed by atoms with Crippen LogP contribution >= 0.6 is 0 Å². The summed E-state index contributed by atoms with van der Waals surface area (Å²) in [5, 5.41) is 19.1. The molecule has 0 aliphatic rings. The minimum absolute atomic E-state index is 0.152. The van der Waals surface area contributed by atoms with Crippen molar-refractivity contribution in [1.29, 1.82) is 0 Å². The van der Waals surface area contributed by atoms with E-state index in [-0.39, 0.29) is 18.8 Å². The molecule has 0 fully saturated rings. The Morgan fingerprint density at radius 2 is 1.52 bits per heavy atom. The molecule has 2 aromatic carbocycles. The highest BCUT2D eigenvalue weighted by molar-refractivity contribution is 5.85. The lowest BCUT2D eigenvalue weighted by molar-refractivity contribution is 0.284. The molecule has 0 aliphatic heterocycles. The number of unbranched alkanes of at least 4 members (excludes halogenated alkanes) is 2. The molecule has 3 rings (SSSR count). The number of hydrogen-bond acceptors (Lipinski definition) is 5. The number of aliphatic hydroxyl groups is 2. The quantitative estimate of drug-likeness (QED) is 0.347. The summed E-state index contributed by atoms with van der Waals surface area (Å²) in [6, 6.07) is 13.4. The first kappa shape index (κ1) is 24.6. The van der Waals surface area contributed by atoms with E-state index in [0.717, 1.165) is 54.4 Å². The van der Waals surface area contributed by atoms with Crippen LogP contribution in [0.2, 0.25) is 0 Å². The second-order valence-electron chi connectivity index (χ2n) is 7.21. The summed E-state index contributed by atoms with van der Waals surface area (Å²) in [7, 11) is 1.61. The Morgan fingerprint density at radius 3 is 2.13 bits per heavy atom. The minimum Gasteiger partial charge on any atom is -0.497 e. The summed E-state index contributed by atoms with van der Waals surface area (Å²) in [6.07, 6.45) is 4.81. The summed E-state index contributed by atoms with van der Waals surface area (Å²) < 4.78 is 11.0. The largest absolute Gasteiger partial charge is 0.497 e. The number of ether oxygens (including phenoxy) is 1. The van der Waals surface area contributed by atoms with Crippen molar-refractivity contribution in [2.45, 2.75) is 52.4 Å². The van der Waals surface area contributed by atoms with Crippen molar-refractivity contribution in [2.24, 2.45) is 0 Å². The Bertz CT molecular complexity index is 989. The van der Waals surface area contributed by atoms with Gasteiger partial charge in [0.15, 0.2) is 0 Å². The highest BCUT2D eigenvalue weighted by Gasteiger charge is 2.13. The van der Waals surface area contributed by atoms with Crippen molar-refractivity contribution < 1.29 is 19.4 Å². The number of aryl methyl sites for hydroxylation is 2. The van der Waals surface area contributed by atoms with Crippen LogP contribution in [-0.2, 0) is 12.8 Å². The Kier molecular flexibility index (Phi) is 10.3. The third-order valence-corrected chi connectivity index (χ3v) is 5.10. The molecule has 0 radical (unpaired) electrons. The van der Waals surface area contributed by atoms with Crippen molar-refractivity contribution in [3.05, 3.63) is 64.0 Å². The minimum atomic E-state index is -0.362. The molecule has 2 N–H and O–H groups in total. The molecule has 5 heteroatoms. The van der Waals surface area contributed by atoms with Gasteiger partial charge < -0.3 is 19.4 Å². The molecule has 0 amide bonds. The molecule has 0 unspecified atom stereocenters. The topological polar surface area (TPSA) is 79.9 Å². The Labute approximate surface area is 184 Å². The van der Waals surface area contributed by atoms with Gasteiger partial charge in [-0.2, -0.15) is 0 Å². The molecule has 168 valence electrons. The van der Waals surface area contributed by atoms with Gasteiger partial charge in [0.1, 0.15) is 11.3 Å². The lowest BCUT2D eigenvalue weighted by atomic mass is 9.97. The first-order valence-corrected chi connectivity index (χ1v) is 11.1. The van der Waals surface area contributed by atoms with Crippen LogP contribution in [0, 0.1) is 0 Å². The number of hydrogen-bond donors (Lipinski definition) is 2. The van der Waals surface area contributed by atoms with Gasteiger partial charge in [-0.3, -0.25) is 0 Å². The number of aliphatic hydroxyl groups excluding tert-OH is 2. The number of methoxy groups -OCH3 is 1. The van der Waals surface area contributed by atoms with Crippen LogP contribution in [0.25, 0.3) is 22.1 Å². The van der Waals surface area contributed by atoms with E-state index in [1.165, 1.54) is 5.56 Å². The molecule has 1 heterocycles.